The zero-order chi connectivity index (χ0) is 35.9. The van der Waals surface area contributed by atoms with Crippen LogP contribution in [0.5, 0.6) is 0 Å². The van der Waals surface area contributed by atoms with E-state index in [1.54, 1.807) is 0 Å². The van der Waals surface area contributed by atoms with E-state index < -0.39 is 0 Å². The molecule has 2 N–H and O–H groups in total. The van der Waals surface area contributed by atoms with Gasteiger partial charge in [-0.05, 0) is 97.4 Å². The molecule has 0 aliphatic carbocycles. The number of nitrogens with zero attached hydrogens (tertiary/aromatic N) is 2. The number of anilines is 2. The van der Waals surface area contributed by atoms with E-state index in [9.17, 15) is 0 Å². The van der Waals surface area contributed by atoms with E-state index >= 15 is 0 Å². The highest BCUT2D eigenvalue weighted by atomic mass is 32.1. The maximum Gasteiger partial charge on any atom is 0.0999 e. The molecule has 11 aromatic rings. The van der Waals surface area contributed by atoms with E-state index in [0.717, 1.165) is 32.9 Å². The summed E-state index contributed by atoms with van der Waals surface area (Å²) < 4.78 is 5.11. The van der Waals surface area contributed by atoms with Gasteiger partial charge >= 0.3 is 0 Å². The summed E-state index contributed by atoms with van der Waals surface area (Å²) in [4.78, 5) is 5.10. The molecular weight excluding hydrogens is 737 g/mol. The van der Waals surface area contributed by atoms with Crippen molar-refractivity contribution >= 4 is 119 Å². The second kappa shape index (κ2) is 12.5. The Balaban J connectivity index is 1.16. The lowest BCUT2D eigenvalue weighted by Crippen LogP contribution is -2.05. The Bertz CT molecular complexity index is 3130. The van der Waals surface area contributed by atoms with Crippen molar-refractivity contribution in [2.75, 3.05) is 10.9 Å². The van der Waals surface area contributed by atoms with Crippen LogP contribution < -0.4 is 21.6 Å². The summed E-state index contributed by atoms with van der Waals surface area (Å²) in [6, 6.07) is 48.0. The van der Waals surface area contributed by atoms with E-state index in [1.807, 2.05) is 81.7 Å². The molecule has 4 aromatic heterocycles. The van der Waals surface area contributed by atoms with Crippen LogP contribution in [0.1, 0.15) is 11.1 Å². The van der Waals surface area contributed by atoms with Crippen LogP contribution in [-0.2, 0) is 0 Å². The normalized spacial score (nSPS) is 12.9. The first kappa shape index (κ1) is 31.8. The molecule has 0 aliphatic rings. The first-order valence-electron chi connectivity index (χ1n) is 17.8. The molecule has 54 heavy (non-hydrogen) atoms. The maximum atomic E-state index is 5.14. The highest BCUT2D eigenvalue weighted by Gasteiger charge is 2.21. The molecule has 7 aromatic carbocycles. The Morgan fingerprint density at radius 2 is 0.815 bits per heavy atom. The zero-order valence-electron chi connectivity index (χ0n) is 29.2. The molecule has 4 nitrogen and oxygen atoms in total. The van der Waals surface area contributed by atoms with Gasteiger partial charge in [0.25, 0.3) is 0 Å². The van der Waals surface area contributed by atoms with Crippen molar-refractivity contribution < 1.29 is 0 Å². The van der Waals surface area contributed by atoms with E-state index in [4.69, 9.17) is 10.2 Å². The van der Waals surface area contributed by atoms with Crippen molar-refractivity contribution in [3.05, 3.63) is 155 Å². The third-order valence-corrected chi connectivity index (χ3v) is 15.1. The van der Waals surface area contributed by atoms with Gasteiger partial charge in [-0.25, -0.2) is 0 Å². The number of hydrogen-bond acceptors (Lipinski definition) is 8. The molecule has 0 fully saturated rings. The molecule has 0 atom stereocenters. The lowest BCUT2D eigenvalue weighted by atomic mass is 10.1. The highest BCUT2D eigenvalue weighted by Crippen LogP contribution is 2.45. The minimum atomic E-state index is 0.960. The average molecular weight is 767 g/mol. The molecule has 11 rings (SSSR count). The SMILES string of the molecule is Cc1ccc2sc(-c3cc4/c(=N/Nc5ccccc5)c5cc6c(cc5c4s3)/c(=N\Nc3ccccc3)c3cc(-c4cc5cc(C)ccc5s4)sc36)cc2c1. The fourth-order valence-corrected chi connectivity index (χ4v) is 12.1. The summed E-state index contributed by atoms with van der Waals surface area (Å²) in [6.45, 7) is 4.32. The van der Waals surface area contributed by atoms with E-state index in [1.165, 1.54) is 81.8 Å². The minimum absolute atomic E-state index is 0.960. The summed E-state index contributed by atoms with van der Waals surface area (Å²) in [5, 5.41) is 21.8. The number of thiophene rings is 4. The lowest BCUT2D eigenvalue weighted by molar-refractivity contribution is 1.25. The van der Waals surface area contributed by atoms with Crippen LogP contribution in [0.3, 0.4) is 0 Å². The number of aryl methyl sites for hydroxylation is 2. The van der Waals surface area contributed by atoms with Gasteiger partial charge in [0.15, 0.2) is 0 Å². The first-order valence-corrected chi connectivity index (χ1v) is 21.1. The van der Waals surface area contributed by atoms with Gasteiger partial charge in [-0.2, -0.15) is 10.2 Å². The molecule has 0 amide bonds. The van der Waals surface area contributed by atoms with Crippen molar-refractivity contribution in [1.29, 1.82) is 0 Å². The smallest absolute Gasteiger partial charge is 0.0999 e. The lowest BCUT2D eigenvalue weighted by Gasteiger charge is -2.00. The molecule has 0 saturated heterocycles. The van der Waals surface area contributed by atoms with Crippen LogP contribution in [-0.4, -0.2) is 0 Å². The van der Waals surface area contributed by atoms with Gasteiger partial charge in [-0.3, -0.25) is 10.9 Å². The summed E-state index contributed by atoms with van der Waals surface area (Å²) in [7, 11) is 0. The summed E-state index contributed by atoms with van der Waals surface area (Å²) in [5.74, 6) is 0. The third-order valence-electron chi connectivity index (χ3n) is 10.1. The topological polar surface area (TPSA) is 48.8 Å². The second-order valence-corrected chi connectivity index (χ2v) is 18.1. The molecule has 258 valence electrons. The number of rotatable bonds is 6. The predicted octanol–water partition coefficient (Wildman–Crippen LogP) is 13.5. The molecule has 0 spiro atoms. The van der Waals surface area contributed by atoms with Crippen molar-refractivity contribution in [2.24, 2.45) is 10.2 Å². The van der Waals surface area contributed by atoms with Crippen LogP contribution in [0.4, 0.5) is 11.4 Å². The zero-order valence-corrected chi connectivity index (χ0v) is 32.5. The summed E-state index contributed by atoms with van der Waals surface area (Å²) in [5.41, 5.74) is 11.3. The molecule has 0 aliphatic heterocycles. The van der Waals surface area contributed by atoms with Crippen LogP contribution in [0, 0.1) is 13.8 Å². The average Bonchev–Trinajstić information content (AvgIpc) is 4.04. The van der Waals surface area contributed by atoms with Crippen molar-refractivity contribution in [3.63, 3.8) is 0 Å². The predicted molar refractivity (Wildman–Crippen MR) is 237 cm³/mol. The summed E-state index contributed by atoms with van der Waals surface area (Å²) >= 11 is 7.43. The quantitative estimate of drug-likeness (QED) is 0.166. The van der Waals surface area contributed by atoms with E-state index in [2.05, 4.69) is 122 Å². The van der Waals surface area contributed by atoms with Gasteiger partial charge in [0.05, 0.1) is 22.1 Å². The maximum absolute atomic E-state index is 5.14. The number of hydrogen-bond donors (Lipinski definition) is 2. The van der Waals surface area contributed by atoms with Crippen LogP contribution in [0.25, 0.3) is 81.4 Å². The number of fused-ring (bicyclic) bond motifs is 8. The van der Waals surface area contributed by atoms with Crippen LogP contribution >= 0.6 is 45.3 Å². The molecule has 0 radical (unpaired) electrons. The van der Waals surface area contributed by atoms with Crippen molar-refractivity contribution in [2.45, 2.75) is 13.8 Å². The fraction of sp³-hybridized carbons (Fsp3) is 0.0435. The number of para-hydroxylation sites is 2. The molecule has 8 heteroatoms. The largest absolute Gasteiger partial charge is 0.278 e. The Labute approximate surface area is 326 Å². The highest BCUT2D eigenvalue weighted by molar-refractivity contribution is 7.29. The van der Waals surface area contributed by atoms with Gasteiger partial charge in [-0.15, -0.1) is 45.3 Å². The van der Waals surface area contributed by atoms with Gasteiger partial charge in [-0.1, -0.05) is 71.8 Å². The molecular formula is C46H30N4S4. The van der Waals surface area contributed by atoms with Gasteiger partial charge < -0.3 is 0 Å². The Kier molecular flexibility index (Phi) is 7.35. The second-order valence-electron chi connectivity index (χ2n) is 13.8. The van der Waals surface area contributed by atoms with Gasteiger partial charge in [0.2, 0.25) is 0 Å². The monoisotopic (exact) mass is 766 g/mol. The van der Waals surface area contributed by atoms with Gasteiger partial charge in [0, 0.05) is 70.6 Å². The number of nitrogens with one attached hydrogen (secondary N) is 2. The van der Waals surface area contributed by atoms with Gasteiger partial charge in [0.1, 0.15) is 0 Å². The Morgan fingerprint density at radius 3 is 1.26 bits per heavy atom. The molecule has 0 saturated carbocycles. The minimum Gasteiger partial charge on any atom is -0.278 e. The Hall–Kier alpha value is -5.64. The summed E-state index contributed by atoms with van der Waals surface area (Å²) in [6.07, 6.45) is 0. The van der Waals surface area contributed by atoms with Crippen molar-refractivity contribution in [3.8, 4) is 19.5 Å². The van der Waals surface area contributed by atoms with Crippen LogP contribution in [0.2, 0.25) is 0 Å². The fourth-order valence-electron chi connectivity index (χ4n) is 7.51. The molecule has 0 bridgehead atoms. The Morgan fingerprint density at radius 1 is 0.389 bits per heavy atom. The van der Waals surface area contributed by atoms with Crippen LogP contribution in [0.15, 0.2) is 144 Å². The third kappa shape index (κ3) is 5.28. The van der Waals surface area contributed by atoms with E-state index in [-0.39, 0.29) is 0 Å². The first-order chi connectivity index (χ1) is 26.5. The molecule has 4 heterocycles. The standard InChI is InChI=1S/C46H30N4S4/c1-25-13-15-37-27(17-25)19-39(51-37)41-23-35-43(49-47-29-9-5-3-6-10-29)31-22-34-32(21-33(31)45(35)53-41)44(50-48-30-11-7-4-8-12-30)36-24-42(54-46(34)36)40-20-28-18-26(2)14-16-38(28)52-40/h3-24,47-48H,1-2H3/b49-43+,50-44+. The molecule has 0 unspecified atom stereocenters. The van der Waals surface area contributed by atoms with E-state index in [0.29, 0.717) is 0 Å². The van der Waals surface area contributed by atoms with Crippen molar-refractivity contribution in [1.82, 2.24) is 0 Å². The number of benzene rings is 5.